The second kappa shape index (κ2) is 8.53. The highest BCUT2D eigenvalue weighted by atomic mass is 19.1. The van der Waals surface area contributed by atoms with Crippen LogP contribution in [0.5, 0.6) is 0 Å². The van der Waals surface area contributed by atoms with E-state index >= 15 is 0 Å². The summed E-state index contributed by atoms with van der Waals surface area (Å²) < 4.78 is 16.4. The van der Waals surface area contributed by atoms with E-state index in [-0.39, 0.29) is 12.2 Å². The highest BCUT2D eigenvalue weighted by Gasteiger charge is 2.49. The summed E-state index contributed by atoms with van der Waals surface area (Å²) in [6.45, 7) is 1.25. The lowest BCUT2D eigenvalue weighted by Crippen LogP contribution is -2.65. The molecule has 0 saturated heterocycles. The fourth-order valence-corrected chi connectivity index (χ4v) is 4.17. The normalized spacial score (nSPS) is 20.0. The highest BCUT2D eigenvalue weighted by Crippen LogP contribution is 2.38. The number of alkyl halides is 1. The Morgan fingerprint density at radius 1 is 1.17 bits per heavy atom. The smallest absolute Gasteiger partial charge is 0.295 e. The molecule has 2 fully saturated rings. The second-order valence-corrected chi connectivity index (χ2v) is 8.40. The monoisotopic (exact) mass is 421 g/mol. The number of ketones is 1. The van der Waals surface area contributed by atoms with Gasteiger partial charge in [0.1, 0.15) is 17.2 Å². The molecule has 2 saturated carbocycles. The molecule has 0 aromatic carbocycles. The molecule has 10 heteroatoms. The van der Waals surface area contributed by atoms with Crippen molar-refractivity contribution in [1.29, 1.82) is 0 Å². The van der Waals surface area contributed by atoms with Crippen molar-refractivity contribution < 1.29 is 23.6 Å². The van der Waals surface area contributed by atoms with E-state index in [1.54, 1.807) is 19.3 Å². The predicted molar refractivity (Wildman–Crippen MR) is 106 cm³/mol. The maximum atomic E-state index is 15.0. The molecule has 3 N–H and O–H groups in total. The van der Waals surface area contributed by atoms with Crippen molar-refractivity contribution in [2.45, 2.75) is 75.5 Å². The lowest BCUT2D eigenvalue weighted by molar-refractivity contribution is -0.144. The SMILES string of the molecule is CC(=O)N[C@@H](CC1(F)CCCC1)C(=O)NC1(C(=O)C(=O)Nc2ccn(C)n2)CCC1. The Bertz CT molecular complexity index is 842. The van der Waals surface area contributed by atoms with Gasteiger partial charge in [-0.3, -0.25) is 23.9 Å². The van der Waals surface area contributed by atoms with E-state index in [4.69, 9.17) is 0 Å². The van der Waals surface area contributed by atoms with Crippen molar-refractivity contribution in [2.75, 3.05) is 5.32 Å². The predicted octanol–water partition coefficient (Wildman–Crippen LogP) is 1.14. The minimum absolute atomic E-state index is 0.150. The number of rotatable bonds is 8. The standard InChI is InChI=1S/C20H28FN5O4/c1-13(27)22-14(12-19(21)7-3-4-8-19)17(29)24-20(9-5-10-20)16(28)18(30)23-15-6-11-26(2)25-15/h6,11,14H,3-5,7-10,12H2,1-2H3,(H,22,27)(H,24,29)(H,23,25,30)/t14-/m0/s1. The van der Waals surface area contributed by atoms with E-state index in [9.17, 15) is 23.6 Å². The van der Waals surface area contributed by atoms with Crippen LogP contribution in [0.15, 0.2) is 12.3 Å². The Kier molecular flexibility index (Phi) is 6.23. The third-order valence-electron chi connectivity index (χ3n) is 5.93. The van der Waals surface area contributed by atoms with Gasteiger partial charge in [0.15, 0.2) is 5.82 Å². The van der Waals surface area contributed by atoms with Crippen molar-refractivity contribution in [1.82, 2.24) is 20.4 Å². The van der Waals surface area contributed by atoms with Gasteiger partial charge in [-0.15, -0.1) is 0 Å². The van der Waals surface area contributed by atoms with Crippen LogP contribution in [0.25, 0.3) is 0 Å². The van der Waals surface area contributed by atoms with Crippen LogP contribution in [0.1, 0.15) is 58.3 Å². The van der Waals surface area contributed by atoms with E-state index in [2.05, 4.69) is 21.0 Å². The maximum Gasteiger partial charge on any atom is 0.295 e. The first kappa shape index (κ1) is 21.9. The Labute approximate surface area is 174 Å². The molecule has 0 spiro atoms. The lowest BCUT2D eigenvalue weighted by Gasteiger charge is -2.41. The molecule has 1 aromatic heterocycles. The number of anilines is 1. The van der Waals surface area contributed by atoms with Crippen LogP contribution in [0.2, 0.25) is 0 Å². The first-order valence-corrected chi connectivity index (χ1v) is 10.3. The van der Waals surface area contributed by atoms with E-state index in [1.807, 2.05) is 0 Å². The van der Waals surface area contributed by atoms with Gasteiger partial charge < -0.3 is 16.0 Å². The number of nitrogens with one attached hydrogen (secondary N) is 3. The minimum Gasteiger partial charge on any atom is -0.344 e. The number of Topliss-reactive ketones (excluding diaryl/α,β-unsaturated/α-hetero) is 1. The van der Waals surface area contributed by atoms with Crippen LogP contribution in [-0.2, 0) is 26.2 Å². The van der Waals surface area contributed by atoms with Crippen molar-refractivity contribution in [3.8, 4) is 0 Å². The Morgan fingerprint density at radius 2 is 1.83 bits per heavy atom. The molecule has 0 aliphatic heterocycles. The van der Waals surface area contributed by atoms with Crippen LogP contribution in [0, 0.1) is 0 Å². The molecule has 1 aromatic rings. The molecule has 2 aliphatic carbocycles. The number of hydrogen-bond acceptors (Lipinski definition) is 5. The number of carbonyl (C=O) groups excluding carboxylic acids is 4. The maximum absolute atomic E-state index is 15.0. The molecule has 0 unspecified atom stereocenters. The minimum atomic E-state index is -1.52. The van der Waals surface area contributed by atoms with Gasteiger partial charge in [-0.05, 0) is 32.1 Å². The largest absolute Gasteiger partial charge is 0.344 e. The lowest BCUT2D eigenvalue weighted by atomic mass is 9.73. The third kappa shape index (κ3) is 4.85. The summed E-state index contributed by atoms with van der Waals surface area (Å²) in [4.78, 5) is 49.7. The summed E-state index contributed by atoms with van der Waals surface area (Å²) in [5.74, 6) is -2.52. The molecule has 164 valence electrons. The summed E-state index contributed by atoms with van der Waals surface area (Å²) in [6, 6.07) is 0.446. The number of hydrogen-bond donors (Lipinski definition) is 3. The third-order valence-corrected chi connectivity index (χ3v) is 5.93. The Morgan fingerprint density at radius 3 is 2.33 bits per heavy atom. The highest BCUT2D eigenvalue weighted by molar-refractivity contribution is 6.44. The van der Waals surface area contributed by atoms with Gasteiger partial charge in [-0.2, -0.15) is 5.10 Å². The number of amides is 3. The molecule has 0 bridgehead atoms. The number of aryl methyl sites for hydroxylation is 1. The van der Waals surface area contributed by atoms with Gasteiger partial charge in [-0.1, -0.05) is 12.8 Å². The summed E-state index contributed by atoms with van der Waals surface area (Å²) >= 11 is 0. The Balaban J connectivity index is 1.69. The van der Waals surface area contributed by atoms with Gasteiger partial charge in [0.25, 0.3) is 5.91 Å². The summed E-state index contributed by atoms with van der Waals surface area (Å²) in [6.07, 6.45) is 4.90. The number of nitrogens with zero attached hydrogens (tertiary/aromatic N) is 2. The van der Waals surface area contributed by atoms with Crippen LogP contribution in [0.4, 0.5) is 10.2 Å². The molecule has 9 nitrogen and oxygen atoms in total. The van der Waals surface area contributed by atoms with E-state index in [0.29, 0.717) is 32.1 Å². The van der Waals surface area contributed by atoms with Crippen molar-refractivity contribution in [3.05, 3.63) is 12.3 Å². The van der Waals surface area contributed by atoms with E-state index in [0.717, 1.165) is 12.8 Å². The number of carbonyl (C=O) groups is 4. The van der Waals surface area contributed by atoms with Crippen LogP contribution in [0.3, 0.4) is 0 Å². The summed E-state index contributed by atoms with van der Waals surface area (Å²) in [5, 5.41) is 11.6. The molecule has 1 atom stereocenters. The topological polar surface area (TPSA) is 122 Å². The fourth-order valence-electron chi connectivity index (χ4n) is 4.17. The first-order valence-electron chi connectivity index (χ1n) is 10.3. The zero-order valence-electron chi connectivity index (χ0n) is 17.3. The van der Waals surface area contributed by atoms with Gasteiger partial charge in [0.2, 0.25) is 17.6 Å². The second-order valence-electron chi connectivity index (χ2n) is 8.40. The van der Waals surface area contributed by atoms with Gasteiger partial charge in [-0.25, -0.2) is 4.39 Å². The molecule has 3 rings (SSSR count). The van der Waals surface area contributed by atoms with E-state index in [1.165, 1.54) is 11.6 Å². The molecule has 30 heavy (non-hydrogen) atoms. The molecular formula is C20H28FN5O4. The van der Waals surface area contributed by atoms with Crippen LogP contribution >= 0.6 is 0 Å². The molecule has 0 radical (unpaired) electrons. The molecule has 2 aliphatic rings. The molecule has 1 heterocycles. The zero-order chi connectivity index (χ0) is 21.9. The average Bonchev–Trinajstić information content (AvgIpc) is 3.24. The zero-order valence-corrected chi connectivity index (χ0v) is 17.3. The number of halogens is 1. The fraction of sp³-hybridized carbons (Fsp3) is 0.650. The average molecular weight is 421 g/mol. The summed E-state index contributed by atoms with van der Waals surface area (Å²) in [7, 11) is 1.68. The molecule has 3 amide bonds. The van der Waals surface area contributed by atoms with Crippen LogP contribution in [-0.4, -0.2) is 50.5 Å². The first-order chi connectivity index (χ1) is 14.1. The van der Waals surface area contributed by atoms with Gasteiger partial charge >= 0.3 is 0 Å². The van der Waals surface area contributed by atoms with E-state index < -0.39 is 40.8 Å². The summed E-state index contributed by atoms with van der Waals surface area (Å²) in [5.41, 5.74) is -2.86. The van der Waals surface area contributed by atoms with Gasteiger partial charge in [0, 0.05) is 32.7 Å². The number of aromatic nitrogens is 2. The van der Waals surface area contributed by atoms with Crippen LogP contribution < -0.4 is 16.0 Å². The van der Waals surface area contributed by atoms with Gasteiger partial charge in [0.05, 0.1) is 0 Å². The molecular weight excluding hydrogens is 393 g/mol. The Hall–Kier alpha value is -2.78. The van der Waals surface area contributed by atoms with Crippen molar-refractivity contribution in [2.24, 2.45) is 7.05 Å². The van der Waals surface area contributed by atoms with Crippen molar-refractivity contribution in [3.63, 3.8) is 0 Å². The quantitative estimate of drug-likeness (QED) is 0.544. The van der Waals surface area contributed by atoms with Crippen molar-refractivity contribution >= 4 is 29.3 Å².